The summed E-state index contributed by atoms with van der Waals surface area (Å²) >= 11 is 0. The lowest BCUT2D eigenvalue weighted by Gasteiger charge is -2.19. The largest absolute Gasteiger partial charge is 0.490 e. The minimum atomic E-state index is 0.285. The second-order valence-electron chi connectivity index (χ2n) is 3.44. The number of hydrogen-bond acceptors (Lipinski definition) is 1. The van der Waals surface area contributed by atoms with Gasteiger partial charge in [-0.3, -0.25) is 0 Å². The SMILES string of the molecule is CCC(C)C(C)Oc1cc[c]cc1. The topological polar surface area (TPSA) is 9.23 Å². The number of ether oxygens (including phenoxy) is 1. The summed E-state index contributed by atoms with van der Waals surface area (Å²) in [5, 5.41) is 0. The van der Waals surface area contributed by atoms with Gasteiger partial charge in [0.1, 0.15) is 5.75 Å². The summed E-state index contributed by atoms with van der Waals surface area (Å²) < 4.78 is 5.75. The molecule has 1 radical (unpaired) electrons. The van der Waals surface area contributed by atoms with Gasteiger partial charge >= 0.3 is 0 Å². The fourth-order valence-corrected chi connectivity index (χ4v) is 1.11. The molecule has 2 atom stereocenters. The van der Waals surface area contributed by atoms with Gasteiger partial charge in [0.05, 0.1) is 6.10 Å². The Labute approximate surface area is 80.7 Å². The van der Waals surface area contributed by atoms with Crippen LogP contribution in [0.25, 0.3) is 0 Å². The summed E-state index contributed by atoms with van der Waals surface area (Å²) in [4.78, 5) is 0. The number of benzene rings is 1. The van der Waals surface area contributed by atoms with Crippen LogP contribution < -0.4 is 4.74 Å². The van der Waals surface area contributed by atoms with Crippen molar-refractivity contribution in [2.45, 2.75) is 33.3 Å². The Balaban J connectivity index is 2.50. The van der Waals surface area contributed by atoms with Gasteiger partial charge in [0.25, 0.3) is 0 Å². The average Bonchev–Trinajstić information content (AvgIpc) is 2.18. The monoisotopic (exact) mass is 177 g/mol. The standard InChI is InChI=1S/C12H17O/c1-4-10(2)11(3)13-12-8-6-5-7-9-12/h6-11H,4H2,1-3H3. The fraction of sp³-hybridized carbons (Fsp3) is 0.500. The second kappa shape index (κ2) is 4.90. The minimum Gasteiger partial charge on any atom is -0.490 e. The van der Waals surface area contributed by atoms with Crippen LogP contribution in [0.2, 0.25) is 0 Å². The molecule has 71 valence electrons. The summed E-state index contributed by atoms with van der Waals surface area (Å²) in [7, 11) is 0. The normalized spacial score (nSPS) is 15.0. The van der Waals surface area contributed by atoms with Gasteiger partial charge < -0.3 is 4.74 Å². The second-order valence-corrected chi connectivity index (χ2v) is 3.44. The molecule has 1 rings (SSSR count). The van der Waals surface area contributed by atoms with Gasteiger partial charge in [-0.1, -0.05) is 32.4 Å². The third kappa shape index (κ3) is 3.10. The Hall–Kier alpha value is -0.980. The lowest BCUT2D eigenvalue weighted by molar-refractivity contribution is 0.158. The van der Waals surface area contributed by atoms with Crippen LogP contribution in [-0.4, -0.2) is 6.10 Å². The molecule has 0 aliphatic carbocycles. The first kappa shape index (κ1) is 10.1. The third-order valence-corrected chi connectivity index (χ3v) is 2.45. The molecule has 13 heavy (non-hydrogen) atoms. The molecule has 0 heterocycles. The lowest BCUT2D eigenvalue weighted by atomic mass is 10.0. The van der Waals surface area contributed by atoms with Gasteiger partial charge in [-0.25, -0.2) is 0 Å². The van der Waals surface area contributed by atoms with Gasteiger partial charge in [-0.05, 0) is 31.0 Å². The number of hydrogen-bond donors (Lipinski definition) is 0. The highest BCUT2D eigenvalue weighted by Crippen LogP contribution is 2.16. The van der Waals surface area contributed by atoms with Crippen LogP contribution in [0.3, 0.4) is 0 Å². The van der Waals surface area contributed by atoms with Gasteiger partial charge in [0, 0.05) is 0 Å². The molecule has 0 saturated carbocycles. The molecule has 0 saturated heterocycles. The molecular formula is C12H17O. The first-order chi connectivity index (χ1) is 6.24. The first-order valence-electron chi connectivity index (χ1n) is 4.86. The first-order valence-corrected chi connectivity index (χ1v) is 4.86. The maximum Gasteiger partial charge on any atom is 0.119 e. The Kier molecular flexibility index (Phi) is 3.81. The van der Waals surface area contributed by atoms with E-state index in [-0.39, 0.29) is 6.10 Å². The smallest absolute Gasteiger partial charge is 0.119 e. The zero-order valence-electron chi connectivity index (χ0n) is 8.58. The van der Waals surface area contributed by atoms with E-state index in [0.29, 0.717) is 5.92 Å². The number of rotatable bonds is 4. The Morgan fingerprint density at radius 3 is 2.46 bits per heavy atom. The van der Waals surface area contributed by atoms with E-state index in [4.69, 9.17) is 4.74 Å². The van der Waals surface area contributed by atoms with Crippen LogP contribution in [0.15, 0.2) is 24.3 Å². The van der Waals surface area contributed by atoms with Crippen molar-refractivity contribution in [2.24, 2.45) is 5.92 Å². The molecule has 1 aromatic rings. The van der Waals surface area contributed by atoms with Crippen molar-refractivity contribution in [3.63, 3.8) is 0 Å². The molecule has 1 nitrogen and oxygen atoms in total. The van der Waals surface area contributed by atoms with E-state index in [1.807, 2.05) is 24.3 Å². The summed E-state index contributed by atoms with van der Waals surface area (Å²) in [5.41, 5.74) is 0. The summed E-state index contributed by atoms with van der Waals surface area (Å²) in [5.74, 6) is 1.54. The molecular weight excluding hydrogens is 160 g/mol. The molecule has 0 spiro atoms. The lowest BCUT2D eigenvalue weighted by Crippen LogP contribution is -2.20. The zero-order valence-corrected chi connectivity index (χ0v) is 8.58. The van der Waals surface area contributed by atoms with E-state index < -0.39 is 0 Å². The van der Waals surface area contributed by atoms with E-state index in [1.54, 1.807) is 0 Å². The molecule has 1 heteroatoms. The quantitative estimate of drug-likeness (QED) is 0.685. The van der Waals surface area contributed by atoms with Crippen LogP contribution >= 0.6 is 0 Å². The van der Waals surface area contributed by atoms with Crippen LogP contribution in [0.5, 0.6) is 5.75 Å². The summed E-state index contributed by atoms with van der Waals surface area (Å²) in [6, 6.07) is 10.6. The molecule has 0 fully saturated rings. The molecule has 2 unspecified atom stereocenters. The summed E-state index contributed by atoms with van der Waals surface area (Å²) in [6.07, 6.45) is 1.44. The van der Waals surface area contributed by atoms with E-state index in [9.17, 15) is 0 Å². The van der Waals surface area contributed by atoms with Gasteiger partial charge in [-0.15, -0.1) is 0 Å². The van der Waals surface area contributed by atoms with Gasteiger partial charge in [0.15, 0.2) is 0 Å². The Morgan fingerprint density at radius 2 is 1.92 bits per heavy atom. The third-order valence-electron chi connectivity index (χ3n) is 2.45. The van der Waals surface area contributed by atoms with E-state index in [2.05, 4.69) is 26.8 Å². The molecule has 0 bridgehead atoms. The van der Waals surface area contributed by atoms with Crippen molar-refractivity contribution in [1.82, 2.24) is 0 Å². The molecule has 0 amide bonds. The molecule has 0 aromatic heterocycles. The maximum atomic E-state index is 5.75. The molecule has 0 aliphatic rings. The van der Waals surface area contributed by atoms with E-state index >= 15 is 0 Å². The van der Waals surface area contributed by atoms with Crippen molar-refractivity contribution >= 4 is 0 Å². The van der Waals surface area contributed by atoms with E-state index in [1.165, 1.54) is 0 Å². The molecule has 0 N–H and O–H groups in total. The zero-order chi connectivity index (χ0) is 9.68. The highest BCUT2D eigenvalue weighted by atomic mass is 16.5. The predicted octanol–water partition coefficient (Wildman–Crippen LogP) is 3.30. The molecule has 1 aromatic carbocycles. The minimum absolute atomic E-state index is 0.285. The van der Waals surface area contributed by atoms with Crippen LogP contribution in [0.4, 0.5) is 0 Å². The molecule has 0 aliphatic heterocycles. The predicted molar refractivity (Wildman–Crippen MR) is 54.8 cm³/mol. The fourth-order valence-electron chi connectivity index (χ4n) is 1.11. The summed E-state index contributed by atoms with van der Waals surface area (Å²) in [6.45, 7) is 6.51. The Bertz CT molecular complexity index is 230. The van der Waals surface area contributed by atoms with Crippen molar-refractivity contribution in [1.29, 1.82) is 0 Å². The Morgan fingerprint density at radius 1 is 1.31 bits per heavy atom. The van der Waals surface area contributed by atoms with Crippen molar-refractivity contribution < 1.29 is 4.74 Å². The van der Waals surface area contributed by atoms with Gasteiger partial charge in [-0.2, -0.15) is 0 Å². The maximum absolute atomic E-state index is 5.75. The van der Waals surface area contributed by atoms with Crippen LogP contribution in [0, 0.1) is 12.0 Å². The average molecular weight is 177 g/mol. The highest BCUT2D eigenvalue weighted by Gasteiger charge is 2.10. The van der Waals surface area contributed by atoms with Crippen molar-refractivity contribution in [3.05, 3.63) is 30.3 Å². The van der Waals surface area contributed by atoms with Gasteiger partial charge in [0.2, 0.25) is 0 Å². The van der Waals surface area contributed by atoms with Crippen molar-refractivity contribution in [3.8, 4) is 5.75 Å². The van der Waals surface area contributed by atoms with E-state index in [0.717, 1.165) is 12.2 Å². The highest BCUT2D eigenvalue weighted by molar-refractivity contribution is 5.20. The van der Waals surface area contributed by atoms with Crippen LogP contribution in [-0.2, 0) is 0 Å². The van der Waals surface area contributed by atoms with Crippen molar-refractivity contribution in [2.75, 3.05) is 0 Å². The van der Waals surface area contributed by atoms with Crippen LogP contribution in [0.1, 0.15) is 27.2 Å².